The molecule has 0 radical (unpaired) electrons. The van der Waals surface area contributed by atoms with Crippen molar-refractivity contribution in [3.05, 3.63) is 28.6 Å². The SMILES string of the molecule is Cc1ccc2c(N)c(C(=O)N3CCCCC3C)sc2c1. The number of rotatable bonds is 1. The molecule has 3 nitrogen and oxygen atoms in total. The number of fused-ring (bicyclic) bond motifs is 1. The monoisotopic (exact) mass is 288 g/mol. The topological polar surface area (TPSA) is 46.3 Å². The highest BCUT2D eigenvalue weighted by Gasteiger charge is 2.27. The quantitative estimate of drug-likeness (QED) is 0.867. The minimum Gasteiger partial charge on any atom is -0.397 e. The second-order valence-electron chi connectivity index (χ2n) is 5.69. The van der Waals surface area contributed by atoms with E-state index >= 15 is 0 Å². The standard InChI is InChI=1S/C16H20N2OS/c1-10-6-7-12-13(9-10)20-15(14(12)17)16(19)18-8-4-3-5-11(18)2/h6-7,9,11H,3-5,8,17H2,1-2H3. The van der Waals surface area contributed by atoms with Gasteiger partial charge >= 0.3 is 0 Å². The van der Waals surface area contributed by atoms with Gasteiger partial charge in [-0.1, -0.05) is 12.1 Å². The minimum absolute atomic E-state index is 0.105. The van der Waals surface area contributed by atoms with E-state index in [4.69, 9.17) is 5.73 Å². The maximum absolute atomic E-state index is 12.7. The van der Waals surface area contributed by atoms with Crippen molar-refractivity contribution >= 4 is 33.0 Å². The summed E-state index contributed by atoms with van der Waals surface area (Å²) >= 11 is 1.53. The number of carbonyl (C=O) groups excluding carboxylic acids is 1. The third-order valence-corrected chi connectivity index (χ3v) is 5.30. The van der Waals surface area contributed by atoms with Crippen molar-refractivity contribution in [3.63, 3.8) is 0 Å². The van der Waals surface area contributed by atoms with Crippen LogP contribution in [0.1, 0.15) is 41.4 Å². The van der Waals surface area contributed by atoms with Crippen molar-refractivity contribution in [1.29, 1.82) is 0 Å². The lowest BCUT2D eigenvalue weighted by Crippen LogP contribution is -2.41. The number of amides is 1. The van der Waals surface area contributed by atoms with Crippen molar-refractivity contribution in [2.75, 3.05) is 12.3 Å². The van der Waals surface area contributed by atoms with E-state index in [-0.39, 0.29) is 5.91 Å². The first kappa shape index (κ1) is 13.4. The molecule has 0 aliphatic carbocycles. The van der Waals surface area contributed by atoms with E-state index in [1.807, 2.05) is 17.0 Å². The number of nitrogens with two attached hydrogens (primary N) is 1. The Hall–Kier alpha value is -1.55. The average Bonchev–Trinajstić information content (AvgIpc) is 2.75. The van der Waals surface area contributed by atoms with Crippen LogP contribution in [0.25, 0.3) is 10.1 Å². The fourth-order valence-electron chi connectivity index (χ4n) is 2.91. The third kappa shape index (κ3) is 2.18. The van der Waals surface area contributed by atoms with Crippen LogP contribution in [0, 0.1) is 6.92 Å². The van der Waals surface area contributed by atoms with E-state index in [1.165, 1.54) is 23.3 Å². The summed E-state index contributed by atoms with van der Waals surface area (Å²) < 4.78 is 1.11. The van der Waals surface area contributed by atoms with Crippen molar-refractivity contribution in [3.8, 4) is 0 Å². The van der Waals surface area contributed by atoms with Gasteiger partial charge in [-0.05, 0) is 44.7 Å². The average molecular weight is 288 g/mol. The molecule has 1 aromatic carbocycles. The van der Waals surface area contributed by atoms with Crippen LogP contribution < -0.4 is 5.73 Å². The first-order valence-electron chi connectivity index (χ1n) is 7.17. The molecule has 1 unspecified atom stereocenters. The molecule has 106 valence electrons. The van der Waals surface area contributed by atoms with Crippen molar-refractivity contribution in [2.45, 2.75) is 39.2 Å². The summed E-state index contributed by atoms with van der Waals surface area (Å²) in [7, 11) is 0. The lowest BCUT2D eigenvalue weighted by molar-refractivity contribution is 0.0642. The molecule has 2 N–H and O–H groups in total. The van der Waals surface area contributed by atoms with E-state index < -0.39 is 0 Å². The van der Waals surface area contributed by atoms with Crippen LogP contribution in [0.5, 0.6) is 0 Å². The van der Waals surface area contributed by atoms with Crippen LogP contribution in [0.3, 0.4) is 0 Å². The molecule has 4 heteroatoms. The van der Waals surface area contributed by atoms with Gasteiger partial charge in [-0.25, -0.2) is 0 Å². The van der Waals surface area contributed by atoms with Gasteiger partial charge in [0, 0.05) is 22.7 Å². The zero-order valence-electron chi connectivity index (χ0n) is 12.0. The number of benzene rings is 1. The van der Waals surface area contributed by atoms with Gasteiger partial charge in [0.1, 0.15) is 4.88 Å². The molecule has 1 fully saturated rings. The number of anilines is 1. The Morgan fingerprint density at radius 3 is 2.95 bits per heavy atom. The Labute approximate surface area is 123 Å². The fraction of sp³-hybridized carbons (Fsp3) is 0.438. The van der Waals surface area contributed by atoms with Gasteiger partial charge in [-0.2, -0.15) is 0 Å². The highest BCUT2D eigenvalue weighted by Crippen LogP contribution is 2.35. The summed E-state index contributed by atoms with van der Waals surface area (Å²) in [4.78, 5) is 15.4. The van der Waals surface area contributed by atoms with Crippen LogP contribution in [0.15, 0.2) is 18.2 Å². The molecule has 1 aromatic heterocycles. The molecule has 2 aromatic rings. The van der Waals surface area contributed by atoms with Gasteiger partial charge in [0.25, 0.3) is 5.91 Å². The predicted molar refractivity (Wildman–Crippen MR) is 85.3 cm³/mol. The molecule has 1 amide bonds. The summed E-state index contributed by atoms with van der Waals surface area (Å²) in [5.41, 5.74) is 8.05. The van der Waals surface area contributed by atoms with Crippen LogP contribution in [-0.4, -0.2) is 23.4 Å². The summed E-state index contributed by atoms with van der Waals surface area (Å²) in [5.74, 6) is 0.105. The Kier molecular flexibility index (Phi) is 3.42. The zero-order chi connectivity index (χ0) is 14.3. The lowest BCUT2D eigenvalue weighted by Gasteiger charge is -2.33. The number of hydrogen-bond donors (Lipinski definition) is 1. The van der Waals surface area contributed by atoms with E-state index in [0.29, 0.717) is 16.6 Å². The van der Waals surface area contributed by atoms with Gasteiger partial charge in [-0.3, -0.25) is 4.79 Å². The molecular formula is C16H20N2OS. The predicted octanol–water partition coefficient (Wildman–Crippen LogP) is 3.81. The van der Waals surface area contributed by atoms with Gasteiger partial charge in [-0.15, -0.1) is 11.3 Å². The molecule has 20 heavy (non-hydrogen) atoms. The van der Waals surface area contributed by atoms with Crippen LogP contribution in [0.2, 0.25) is 0 Å². The number of hydrogen-bond acceptors (Lipinski definition) is 3. The van der Waals surface area contributed by atoms with E-state index in [2.05, 4.69) is 19.9 Å². The molecule has 1 atom stereocenters. The van der Waals surface area contributed by atoms with Crippen LogP contribution in [0.4, 0.5) is 5.69 Å². The minimum atomic E-state index is 0.105. The highest BCUT2D eigenvalue weighted by atomic mass is 32.1. The molecule has 1 saturated heterocycles. The van der Waals surface area contributed by atoms with Crippen molar-refractivity contribution in [2.24, 2.45) is 0 Å². The molecule has 0 spiro atoms. The summed E-state index contributed by atoms with van der Waals surface area (Å²) in [6.45, 7) is 5.04. The Morgan fingerprint density at radius 1 is 1.40 bits per heavy atom. The number of carbonyl (C=O) groups is 1. The number of thiophene rings is 1. The zero-order valence-corrected chi connectivity index (χ0v) is 12.8. The smallest absolute Gasteiger partial charge is 0.266 e. The second kappa shape index (κ2) is 5.09. The van der Waals surface area contributed by atoms with Crippen molar-refractivity contribution in [1.82, 2.24) is 4.90 Å². The Bertz CT molecular complexity index is 662. The number of piperidine rings is 1. The molecule has 1 aliphatic heterocycles. The number of aryl methyl sites for hydroxylation is 1. The number of nitrogen functional groups attached to an aromatic ring is 1. The summed E-state index contributed by atoms with van der Waals surface area (Å²) in [6, 6.07) is 6.49. The Morgan fingerprint density at radius 2 is 2.20 bits per heavy atom. The number of nitrogens with zero attached hydrogens (tertiary/aromatic N) is 1. The van der Waals surface area contributed by atoms with Gasteiger partial charge in [0.05, 0.1) is 5.69 Å². The largest absolute Gasteiger partial charge is 0.397 e. The molecule has 0 bridgehead atoms. The van der Waals surface area contributed by atoms with Crippen LogP contribution in [-0.2, 0) is 0 Å². The molecule has 1 aliphatic rings. The van der Waals surface area contributed by atoms with E-state index in [9.17, 15) is 4.79 Å². The highest BCUT2D eigenvalue weighted by molar-refractivity contribution is 7.21. The van der Waals surface area contributed by atoms with E-state index in [1.54, 1.807) is 0 Å². The third-order valence-electron chi connectivity index (χ3n) is 4.14. The summed E-state index contributed by atoms with van der Waals surface area (Å²) in [5, 5.41) is 1.01. The maximum Gasteiger partial charge on any atom is 0.266 e. The molecule has 2 heterocycles. The maximum atomic E-state index is 12.7. The van der Waals surface area contributed by atoms with Crippen molar-refractivity contribution < 1.29 is 4.79 Å². The van der Waals surface area contributed by atoms with Gasteiger partial charge in [0.15, 0.2) is 0 Å². The fourth-order valence-corrected chi connectivity index (χ4v) is 4.09. The first-order valence-corrected chi connectivity index (χ1v) is 7.99. The second-order valence-corrected chi connectivity index (χ2v) is 6.74. The summed E-state index contributed by atoms with van der Waals surface area (Å²) in [6.07, 6.45) is 3.40. The van der Waals surface area contributed by atoms with E-state index in [0.717, 1.165) is 29.5 Å². The first-order chi connectivity index (χ1) is 9.58. The molecular weight excluding hydrogens is 268 g/mol. The van der Waals surface area contributed by atoms with Gasteiger partial charge in [0.2, 0.25) is 0 Å². The van der Waals surface area contributed by atoms with Gasteiger partial charge < -0.3 is 10.6 Å². The normalized spacial score (nSPS) is 19.5. The Balaban J connectivity index is 2.01. The molecule has 3 rings (SSSR count). The number of likely N-dealkylation sites (tertiary alicyclic amines) is 1. The molecule has 0 saturated carbocycles. The lowest BCUT2D eigenvalue weighted by atomic mass is 10.0. The van der Waals surface area contributed by atoms with Crippen LogP contribution >= 0.6 is 11.3 Å².